The van der Waals surface area contributed by atoms with Crippen molar-refractivity contribution in [3.05, 3.63) is 83.0 Å². The van der Waals surface area contributed by atoms with E-state index in [1.54, 1.807) is 24.7 Å². The first-order chi connectivity index (χ1) is 18.5. The summed E-state index contributed by atoms with van der Waals surface area (Å²) in [7, 11) is 1.74. The molecule has 0 N–H and O–H groups in total. The summed E-state index contributed by atoms with van der Waals surface area (Å²) in [4.78, 5) is 14.7. The standard InChI is InChI=1S/C26H24Br2ClFN6O3/c1-13-19(24(28)35(32-13)12-15-4-5-15)10-21-23(33-34(3)25(21)29)18-7-6-17(30)9-20(18)14(2)39-22-8-16(27)11-31-26(22)36(37)38/h6-9,11,14-15H,4-5,10,12H2,1-3H3/t14-/m1/s1. The summed E-state index contributed by atoms with van der Waals surface area (Å²) in [5.74, 6) is -0.299. The van der Waals surface area contributed by atoms with Crippen LogP contribution in [-0.4, -0.2) is 29.5 Å². The van der Waals surface area contributed by atoms with Crippen LogP contribution in [0, 0.1) is 28.8 Å². The van der Waals surface area contributed by atoms with Crippen molar-refractivity contribution in [2.24, 2.45) is 13.0 Å². The van der Waals surface area contributed by atoms with Crippen LogP contribution in [0.4, 0.5) is 10.2 Å². The summed E-state index contributed by atoms with van der Waals surface area (Å²) in [6, 6.07) is 5.77. The van der Waals surface area contributed by atoms with Gasteiger partial charge in [0, 0.05) is 48.3 Å². The molecule has 0 radical (unpaired) electrons. The van der Waals surface area contributed by atoms with Crippen molar-refractivity contribution in [1.82, 2.24) is 24.5 Å². The fraction of sp³-hybridized carbons (Fsp3) is 0.346. The summed E-state index contributed by atoms with van der Waals surface area (Å²) >= 11 is 13.8. The SMILES string of the molecule is Cc1nn(CC2CC2)c(Br)c1Cc1c(-c2ccc(F)cc2[C@@H](C)Oc2cc(Br)cnc2[N+](=O)[O-])nn(C)c1Cl. The van der Waals surface area contributed by atoms with Crippen molar-refractivity contribution in [1.29, 1.82) is 0 Å². The fourth-order valence-corrected chi connectivity index (χ4v) is 5.69. The van der Waals surface area contributed by atoms with E-state index in [9.17, 15) is 14.5 Å². The van der Waals surface area contributed by atoms with E-state index in [0.717, 1.165) is 28.0 Å². The largest absolute Gasteiger partial charge is 0.478 e. The Bertz CT molecular complexity index is 1590. The number of rotatable bonds is 9. The first-order valence-electron chi connectivity index (χ1n) is 12.2. The van der Waals surface area contributed by atoms with Crippen LogP contribution in [0.25, 0.3) is 11.3 Å². The lowest BCUT2D eigenvalue weighted by Gasteiger charge is -2.18. The molecule has 0 amide bonds. The van der Waals surface area contributed by atoms with Gasteiger partial charge in [-0.05, 0) is 92.6 Å². The summed E-state index contributed by atoms with van der Waals surface area (Å²) < 4.78 is 25.5. The third-order valence-electron chi connectivity index (χ3n) is 6.72. The van der Waals surface area contributed by atoms with Gasteiger partial charge < -0.3 is 14.9 Å². The van der Waals surface area contributed by atoms with Gasteiger partial charge in [-0.3, -0.25) is 9.36 Å². The topological polar surface area (TPSA) is 101 Å². The molecule has 0 spiro atoms. The van der Waals surface area contributed by atoms with E-state index in [1.807, 2.05) is 11.6 Å². The number of pyridine rings is 1. The Hall–Kier alpha value is -2.83. The molecule has 1 aliphatic carbocycles. The number of nitro groups is 1. The zero-order chi connectivity index (χ0) is 28.0. The van der Waals surface area contributed by atoms with Crippen LogP contribution in [0.15, 0.2) is 39.5 Å². The van der Waals surface area contributed by atoms with E-state index < -0.39 is 22.7 Å². The van der Waals surface area contributed by atoms with Gasteiger partial charge in [-0.2, -0.15) is 10.2 Å². The van der Waals surface area contributed by atoms with Crippen molar-refractivity contribution < 1.29 is 14.1 Å². The van der Waals surface area contributed by atoms with Gasteiger partial charge in [-0.15, -0.1) is 0 Å². The molecule has 4 aromatic rings. The number of nitrogens with zero attached hydrogens (tertiary/aromatic N) is 6. The van der Waals surface area contributed by atoms with Gasteiger partial charge in [0.1, 0.15) is 21.7 Å². The number of hydrogen-bond acceptors (Lipinski definition) is 6. The highest BCUT2D eigenvalue weighted by Gasteiger charge is 2.28. The third kappa shape index (κ3) is 5.73. The molecule has 0 aliphatic heterocycles. The van der Waals surface area contributed by atoms with E-state index in [0.29, 0.717) is 38.8 Å². The van der Waals surface area contributed by atoms with E-state index >= 15 is 0 Å². The van der Waals surface area contributed by atoms with Crippen LogP contribution in [0.5, 0.6) is 5.75 Å². The second-order valence-electron chi connectivity index (χ2n) is 9.62. The van der Waals surface area contributed by atoms with E-state index in [-0.39, 0.29) is 5.75 Å². The maximum atomic E-state index is 14.5. The molecule has 0 bridgehead atoms. The molecule has 3 heterocycles. The molecular formula is C26H24Br2ClFN6O3. The average molecular weight is 683 g/mol. The Morgan fingerprint density at radius 1 is 1.26 bits per heavy atom. The summed E-state index contributed by atoms with van der Waals surface area (Å²) in [6.07, 6.45) is 3.41. The fourth-order valence-electron chi connectivity index (χ4n) is 4.53. The molecule has 1 aromatic carbocycles. The lowest BCUT2D eigenvalue weighted by atomic mass is 9.96. The van der Waals surface area contributed by atoms with Crippen molar-refractivity contribution >= 4 is 49.3 Å². The van der Waals surface area contributed by atoms with Crippen LogP contribution < -0.4 is 4.74 Å². The van der Waals surface area contributed by atoms with Crippen molar-refractivity contribution in [2.45, 2.75) is 45.8 Å². The Morgan fingerprint density at radius 2 is 2.00 bits per heavy atom. The third-order valence-corrected chi connectivity index (χ3v) is 8.51. The lowest BCUT2D eigenvalue weighted by Crippen LogP contribution is -2.08. The molecule has 1 aliphatic rings. The molecule has 0 saturated heterocycles. The Labute approximate surface area is 245 Å². The number of halogens is 4. The summed E-state index contributed by atoms with van der Waals surface area (Å²) in [5, 5.41) is 21.4. The van der Waals surface area contributed by atoms with Crippen LogP contribution in [0.2, 0.25) is 5.15 Å². The normalized spacial score (nSPS) is 14.0. The monoisotopic (exact) mass is 680 g/mol. The Kier molecular flexibility index (Phi) is 7.80. The predicted molar refractivity (Wildman–Crippen MR) is 151 cm³/mol. The molecule has 1 fully saturated rings. The first kappa shape index (κ1) is 27.7. The zero-order valence-corrected chi connectivity index (χ0v) is 25.2. The van der Waals surface area contributed by atoms with Gasteiger partial charge in [-0.25, -0.2) is 4.39 Å². The van der Waals surface area contributed by atoms with E-state index in [1.165, 1.54) is 37.2 Å². The first-order valence-corrected chi connectivity index (χ1v) is 14.2. The molecule has 9 nitrogen and oxygen atoms in total. The highest BCUT2D eigenvalue weighted by molar-refractivity contribution is 9.10. The molecule has 13 heteroatoms. The zero-order valence-electron chi connectivity index (χ0n) is 21.3. The van der Waals surface area contributed by atoms with Gasteiger partial charge in [0.15, 0.2) is 6.20 Å². The second kappa shape index (κ2) is 11.0. The minimum atomic E-state index is -0.783. The second-order valence-corrected chi connectivity index (χ2v) is 11.6. The number of benzene rings is 1. The molecule has 0 unspecified atom stereocenters. The van der Waals surface area contributed by atoms with Gasteiger partial charge >= 0.3 is 5.82 Å². The number of hydrogen-bond donors (Lipinski definition) is 0. The molecule has 5 rings (SSSR count). The summed E-state index contributed by atoms with van der Waals surface area (Å²) in [5.41, 5.74) is 4.27. The molecule has 1 atom stereocenters. The van der Waals surface area contributed by atoms with Crippen LogP contribution in [0.1, 0.15) is 48.3 Å². The van der Waals surface area contributed by atoms with E-state index in [2.05, 4.69) is 41.9 Å². The minimum absolute atomic E-state index is 0.0426. The van der Waals surface area contributed by atoms with Gasteiger partial charge in [0.05, 0.1) is 15.9 Å². The van der Waals surface area contributed by atoms with E-state index in [4.69, 9.17) is 21.4 Å². The Morgan fingerprint density at radius 3 is 2.69 bits per heavy atom. The molecule has 39 heavy (non-hydrogen) atoms. The maximum Gasteiger partial charge on any atom is 0.406 e. The van der Waals surface area contributed by atoms with Crippen LogP contribution in [0.3, 0.4) is 0 Å². The number of aryl methyl sites for hydroxylation is 2. The number of ether oxygens (including phenoxy) is 1. The minimum Gasteiger partial charge on any atom is -0.478 e. The number of aromatic nitrogens is 5. The molecular weight excluding hydrogens is 659 g/mol. The smallest absolute Gasteiger partial charge is 0.406 e. The Balaban J connectivity index is 1.55. The molecule has 1 saturated carbocycles. The average Bonchev–Trinajstić information content (AvgIpc) is 3.60. The molecule has 204 valence electrons. The predicted octanol–water partition coefficient (Wildman–Crippen LogP) is 7.35. The quantitative estimate of drug-likeness (QED) is 0.135. The van der Waals surface area contributed by atoms with Gasteiger partial charge in [0.2, 0.25) is 5.75 Å². The summed E-state index contributed by atoms with van der Waals surface area (Å²) in [6.45, 7) is 4.52. The van der Waals surface area contributed by atoms with Crippen molar-refractivity contribution in [3.63, 3.8) is 0 Å². The lowest BCUT2D eigenvalue weighted by molar-refractivity contribution is -0.390. The maximum absolute atomic E-state index is 14.5. The van der Waals surface area contributed by atoms with Gasteiger partial charge in [-0.1, -0.05) is 11.6 Å². The van der Waals surface area contributed by atoms with Crippen LogP contribution in [-0.2, 0) is 20.0 Å². The van der Waals surface area contributed by atoms with Crippen molar-refractivity contribution in [3.8, 4) is 17.0 Å². The van der Waals surface area contributed by atoms with Crippen LogP contribution >= 0.6 is 43.5 Å². The van der Waals surface area contributed by atoms with Crippen molar-refractivity contribution in [2.75, 3.05) is 0 Å². The van der Waals surface area contributed by atoms with Gasteiger partial charge in [0.25, 0.3) is 0 Å². The highest BCUT2D eigenvalue weighted by atomic mass is 79.9. The molecule has 3 aromatic heterocycles. The highest BCUT2D eigenvalue weighted by Crippen LogP contribution is 2.39.